The third-order valence-corrected chi connectivity index (χ3v) is 6.24. The van der Waals surface area contributed by atoms with Gasteiger partial charge in [-0.05, 0) is 62.7 Å². The summed E-state index contributed by atoms with van der Waals surface area (Å²) in [6, 6.07) is 17.3. The molecule has 5 rings (SSSR count). The van der Waals surface area contributed by atoms with Gasteiger partial charge in [0.2, 0.25) is 5.76 Å². The van der Waals surface area contributed by atoms with Crippen LogP contribution in [0.15, 0.2) is 69.9 Å². The van der Waals surface area contributed by atoms with Crippen LogP contribution in [0.25, 0.3) is 11.0 Å². The number of rotatable bonds is 7. The van der Waals surface area contributed by atoms with Crippen molar-refractivity contribution in [2.45, 2.75) is 26.8 Å². The molecule has 2 heterocycles. The van der Waals surface area contributed by atoms with Gasteiger partial charge in [-0.2, -0.15) is 0 Å². The number of hydrogen-bond acceptors (Lipinski definition) is 6. The van der Waals surface area contributed by atoms with Gasteiger partial charge in [-0.25, -0.2) is 0 Å². The van der Waals surface area contributed by atoms with Gasteiger partial charge in [-0.1, -0.05) is 23.8 Å². The highest BCUT2D eigenvalue weighted by Gasteiger charge is 2.44. The average Bonchev–Trinajstić information content (AvgIpc) is 3.18. The third-order valence-electron chi connectivity index (χ3n) is 6.24. The van der Waals surface area contributed by atoms with Gasteiger partial charge in [-0.15, -0.1) is 0 Å². The summed E-state index contributed by atoms with van der Waals surface area (Å²) in [4.78, 5) is 29.3. The number of hydrogen-bond donors (Lipinski definition) is 0. The van der Waals surface area contributed by atoms with E-state index in [1.54, 1.807) is 42.3 Å². The fraction of sp³-hybridized carbons (Fsp3) is 0.241. The second kappa shape index (κ2) is 9.41. The first-order chi connectivity index (χ1) is 17.5. The lowest BCUT2D eigenvalue weighted by atomic mass is 9.97. The highest BCUT2D eigenvalue weighted by atomic mass is 16.5. The van der Waals surface area contributed by atoms with Crippen molar-refractivity contribution in [3.8, 4) is 17.2 Å². The first-order valence-electron chi connectivity index (χ1n) is 11.9. The summed E-state index contributed by atoms with van der Waals surface area (Å²) < 4.78 is 23.1. The van der Waals surface area contributed by atoms with E-state index in [0.29, 0.717) is 58.2 Å². The molecule has 1 aliphatic heterocycles. The maximum absolute atomic E-state index is 13.9. The van der Waals surface area contributed by atoms with Crippen molar-refractivity contribution in [1.82, 2.24) is 0 Å². The van der Waals surface area contributed by atoms with Crippen LogP contribution in [0.1, 0.15) is 47.1 Å². The quantitative estimate of drug-likeness (QED) is 0.336. The van der Waals surface area contributed by atoms with Crippen LogP contribution in [0.2, 0.25) is 0 Å². The van der Waals surface area contributed by atoms with Crippen LogP contribution in [0.5, 0.6) is 17.2 Å². The van der Waals surface area contributed by atoms with Crippen molar-refractivity contribution in [2.24, 2.45) is 0 Å². The molecule has 3 aromatic carbocycles. The summed E-state index contributed by atoms with van der Waals surface area (Å²) in [5.74, 6) is 1.38. The molecule has 0 bridgehead atoms. The molecule has 0 radical (unpaired) electrons. The minimum absolute atomic E-state index is 0.0380. The lowest BCUT2D eigenvalue weighted by molar-refractivity contribution is 0.0971. The molecule has 7 nitrogen and oxygen atoms in total. The van der Waals surface area contributed by atoms with Crippen molar-refractivity contribution < 1.29 is 23.4 Å². The summed E-state index contributed by atoms with van der Waals surface area (Å²) >= 11 is 0. The van der Waals surface area contributed by atoms with E-state index in [2.05, 4.69) is 0 Å². The summed E-state index contributed by atoms with van der Waals surface area (Å²) in [5.41, 5.74) is 2.67. The number of anilines is 1. The third kappa shape index (κ3) is 3.86. The van der Waals surface area contributed by atoms with E-state index in [9.17, 15) is 9.59 Å². The fourth-order valence-corrected chi connectivity index (χ4v) is 4.67. The maximum atomic E-state index is 13.9. The molecule has 36 heavy (non-hydrogen) atoms. The molecule has 1 aliphatic rings. The Hall–Kier alpha value is -4.26. The molecule has 0 saturated heterocycles. The first-order valence-corrected chi connectivity index (χ1v) is 11.9. The van der Waals surface area contributed by atoms with Gasteiger partial charge in [0.15, 0.2) is 16.9 Å². The van der Waals surface area contributed by atoms with E-state index in [4.69, 9.17) is 18.6 Å². The Morgan fingerprint density at radius 2 is 1.69 bits per heavy atom. The van der Waals surface area contributed by atoms with Crippen LogP contribution >= 0.6 is 0 Å². The van der Waals surface area contributed by atoms with Crippen LogP contribution < -0.4 is 24.5 Å². The highest BCUT2D eigenvalue weighted by molar-refractivity contribution is 6.10. The predicted molar refractivity (Wildman–Crippen MR) is 138 cm³/mol. The number of amides is 1. The van der Waals surface area contributed by atoms with Crippen molar-refractivity contribution >= 4 is 22.6 Å². The first kappa shape index (κ1) is 23.5. The summed E-state index contributed by atoms with van der Waals surface area (Å²) in [7, 11) is 1.57. The van der Waals surface area contributed by atoms with Crippen LogP contribution in [-0.4, -0.2) is 26.2 Å². The molecule has 184 valence electrons. The highest BCUT2D eigenvalue weighted by Crippen LogP contribution is 2.44. The summed E-state index contributed by atoms with van der Waals surface area (Å²) in [5, 5.41) is 0.440. The van der Waals surface area contributed by atoms with Crippen molar-refractivity contribution in [2.75, 3.05) is 25.2 Å². The van der Waals surface area contributed by atoms with E-state index in [0.717, 1.165) is 5.56 Å². The van der Waals surface area contributed by atoms with Gasteiger partial charge < -0.3 is 18.6 Å². The molecule has 1 aromatic heterocycles. The molecule has 1 amide bonds. The number of carbonyl (C=O) groups excluding carboxylic acids is 1. The van der Waals surface area contributed by atoms with E-state index >= 15 is 0 Å². The van der Waals surface area contributed by atoms with Gasteiger partial charge in [0.25, 0.3) is 5.91 Å². The monoisotopic (exact) mass is 485 g/mol. The minimum atomic E-state index is -0.726. The molecule has 0 spiro atoms. The molecular formula is C29H27NO6. The second-order valence-corrected chi connectivity index (χ2v) is 8.52. The largest absolute Gasteiger partial charge is 0.497 e. The fourth-order valence-electron chi connectivity index (χ4n) is 4.67. The van der Waals surface area contributed by atoms with Crippen LogP contribution in [-0.2, 0) is 0 Å². The van der Waals surface area contributed by atoms with Gasteiger partial charge in [0.05, 0.1) is 37.3 Å². The number of ether oxygens (including phenoxy) is 3. The number of benzene rings is 3. The van der Waals surface area contributed by atoms with E-state index < -0.39 is 11.9 Å². The van der Waals surface area contributed by atoms with E-state index in [1.807, 2.05) is 51.1 Å². The topological polar surface area (TPSA) is 78.2 Å². The standard InChI is InChI=1S/C29H27NO6/c1-5-34-23-13-11-18(15-24(23)35-6-2)26-25-27(31)21-14-17(3)10-12-22(21)36-28(25)29(32)30(26)19-8-7-9-20(16-19)33-4/h7-16,26H,5-6H2,1-4H3. The molecule has 0 saturated carbocycles. The molecule has 1 atom stereocenters. The molecule has 0 fully saturated rings. The summed E-state index contributed by atoms with van der Waals surface area (Å²) in [6.07, 6.45) is 0. The molecule has 4 aromatic rings. The molecule has 1 unspecified atom stereocenters. The lowest BCUT2D eigenvalue weighted by Crippen LogP contribution is -2.29. The number of aryl methyl sites for hydroxylation is 1. The Bertz CT molecular complexity index is 1520. The lowest BCUT2D eigenvalue weighted by Gasteiger charge is -2.26. The Kier molecular flexibility index (Phi) is 6.14. The zero-order valence-corrected chi connectivity index (χ0v) is 20.7. The smallest absolute Gasteiger partial charge is 0.295 e. The van der Waals surface area contributed by atoms with Gasteiger partial charge >= 0.3 is 0 Å². The number of methoxy groups -OCH3 is 1. The average molecular weight is 486 g/mol. The number of fused-ring (bicyclic) bond motifs is 2. The summed E-state index contributed by atoms with van der Waals surface area (Å²) in [6.45, 7) is 6.63. The Morgan fingerprint density at radius 1 is 0.917 bits per heavy atom. The Balaban J connectivity index is 1.78. The number of carbonyl (C=O) groups is 1. The van der Waals surface area contributed by atoms with Crippen molar-refractivity contribution in [3.05, 3.63) is 93.3 Å². The van der Waals surface area contributed by atoms with E-state index in [-0.39, 0.29) is 11.2 Å². The second-order valence-electron chi connectivity index (χ2n) is 8.52. The Labute approximate surface area is 208 Å². The SMILES string of the molecule is CCOc1ccc(C2c3c(oc4ccc(C)cc4c3=O)C(=O)N2c2cccc(OC)c2)cc1OCC. The zero-order valence-electron chi connectivity index (χ0n) is 20.7. The van der Waals surface area contributed by atoms with Crippen LogP contribution in [0, 0.1) is 6.92 Å². The Morgan fingerprint density at radius 3 is 2.44 bits per heavy atom. The van der Waals surface area contributed by atoms with Gasteiger partial charge in [0, 0.05) is 11.8 Å². The van der Waals surface area contributed by atoms with Gasteiger partial charge in [-0.3, -0.25) is 14.5 Å². The molecule has 0 N–H and O–H groups in total. The van der Waals surface area contributed by atoms with Crippen LogP contribution in [0.4, 0.5) is 5.69 Å². The van der Waals surface area contributed by atoms with Gasteiger partial charge in [0.1, 0.15) is 11.3 Å². The minimum Gasteiger partial charge on any atom is -0.497 e. The van der Waals surface area contributed by atoms with Crippen LogP contribution in [0.3, 0.4) is 0 Å². The van der Waals surface area contributed by atoms with Crippen molar-refractivity contribution in [3.63, 3.8) is 0 Å². The maximum Gasteiger partial charge on any atom is 0.295 e. The number of nitrogens with zero attached hydrogens (tertiary/aromatic N) is 1. The normalized spacial score (nSPS) is 14.7. The molecular weight excluding hydrogens is 458 g/mol. The molecule has 7 heteroatoms. The molecule has 0 aliphatic carbocycles. The van der Waals surface area contributed by atoms with Crippen molar-refractivity contribution in [1.29, 1.82) is 0 Å². The predicted octanol–water partition coefficient (Wildman–Crippen LogP) is 5.66. The zero-order chi connectivity index (χ0) is 25.4. The van der Waals surface area contributed by atoms with E-state index in [1.165, 1.54) is 0 Å².